The highest BCUT2D eigenvalue weighted by Crippen LogP contribution is 2.25. The van der Waals surface area contributed by atoms with E-state index < -0.39 is 6.36 Å². The van der Waals surface area contributed by atoms with Gasteiger partial charge in [0, 0.05) is 38.0 Å². The second-order valence-electron chi connectivity index (χ2n) is 6.25. The number of halogens is 3. The number of nitrogens with one attached hydrogen (secondary N) is 1. The number of hydrogen-bond acceptors (Lipinski definition) is 5. The number of amidine groups is 1. The normalized spacial score (nSPS) is 17.6. The molecule has 7 nitrogen and oxygen atoms in total. The average Bonchev–Trinajstić information content (AvgIpc) is 3.30. The molecule has 3 rings (SSSR count). The van der Waals surface area contributed by atoms with Gasteiger partial charge in [-0.3, -0.25) is 9.67 Å². The lowest BCUT2D eigenvalue weighted by Gasteiger charge is -2.11. The Balaban J connectivity index is 1.74. The van der Waals surface area contributed by atoms with Gasteiger partial charge in [-0.1, -0.05) is 0 Å². The minimum Gasteiger partial charge on any atom is -0.406 e. The quantitative estimate of drug-likeness (QED) is 0.599. The lowest BCUT2D eigenvalue weighted by molar-refractivity contribution is -0.274. The molecular weight excluding hydrogens is 375 g/mol. The maximum absolute atomic E-state index is 12.3. The Morgan fingerprint density at radius 3 is 2.71 bits per heavy atom. The molecular formula is C18H20F3N5O2. The summed E-state index contributed by atoms with van der Waals surface area (Å²) >= 11 is 0. The van der Waals surface area contributed by atoms with Gasteiger partial charge in [-0.15, -0.1) is 13.2 Å². The molecule has 1 aromatic heterocycles. The molecule has 0 bridgehead atoms. The van der Waals surface area contributed by atoms with Gasteiger partial charge in [0.05, 0.1) is 12.2 Å². The fourth-order valence-corrected chi connectivity index (χ4v) is 2.90. The highest BCUT2D eigenvalue weighted by Gasteiger charge is 2.31. The number of aliphatic imine (C=N–C) groups is 2. The molecule has 1 N–H and O–H groups in total. The topological polar surface area (TPSA) is 73.0 Å². The van der Waals surface area contributed by atoms with Gasteiger partial charge in [0.25, 0.3) is 0 Å². The van der Waals surface area contributed by atoms with E-state index in [9.17, 15) is 13.2 Å². The van der Waals surface area contributed by atoms with Gasteiger partial charge in [-0.05, 0) is 37.4 Å². The molecule has 1 aliphatic heterocycles. The van der Waals surface area contributed by atoms with E-state index in [-0.39, 0.29) is 5.75 Å². The molecule has 0 amide bonds. The Kier molecular flexibility index (Phi) is 5.98. The van der Waals surface area contributed by atoms with Crippen LogP contribution < -0.4 is 10.1 Å². The number of alkyl halides is 3. The van der Waals surface area contributed by atoms with Gasteiger partial charge in [-0.2, -0.15) is 5.10 Å². The van der Waals surface area contributed by atoms with Crippen LogP contribution in [0.25, 0.3) is 0 Å². The molecule has 1 aromatic carbocycles. The van der Waals surface area contributed by atoms with Crippen molar-refractivity contribution in [2.75, 3.05) is 25.6 Å². The fourth-order valence-electron chi connectivity index (χ4n) is 2.90. The summed E-state index contributed by atoms with van der Waals surface area (Å²) in [6.07, 6.45) is -1.93. The van der Waals surface area contributed by atoms with Crippen LogP contribution in [0.3, 0.4) is 0 Å². The molecule has 1 saturated heterocycles. The minimum absolute atomic E-state index is 0.298. The van der Waals surface area contributed by atoms with Crippen LogP contribution >= 0.6 is 0 Å². The number of benzene rings is 1. The Bertz CT molecular complexity index is 840. The van der Waals surface area contributed by atoms with Gasteiger partial charge in [0.1, 0.15) is 11.6 Å². The molecule has 2 heterocycles. The van der Waals surface area contributed by atoms with Gasteiger partial charge < -0.3 is 14.8 Å². The summed E-state index contributed by atoms with van der Waals surface area (Å²) in [5.74, 6) is 0.986. The van der Waals surface area contributed by atoms with E-state index in [1.54, 1.807) is 11.7 Å². The third-order valence-corrected chi connectivity index (χ3v) is 4.19. The molecule has 0 spiro atoms. The van der Waals surface area contributed by atoms with Crippen LogP contribution in [-0.4, -0.2) is 49.0 Å². The Morgan fingerprint density at radius 1 is 1.39 bits per heavy atom. The van der Waals surface area contributed by atoms with Crippen LogP contribution in [0, 0.1) is 5.92 Å². The first-order valence-electron chi connectivity index (χ1n) is 8.60. The van der Waals surface area contributed by atoms with Gasteiger partial charge in [-0.25, -0.2) is 4.99 Å². The maximum Gasteiger partial charge on any atom is 0.573 e. The third kappa shape index (κ3) is 5.10. The van der Waals surface area contributed by atoms with Crippen LogP contribution in [0.15, 0.2) is 40.4 Å². The van der Waals surface area contributed by atoms with E-state index in [1.807, 2.05) is 6.20 Å². The van der Waals surface area contributed by atoms with Crippen LogP contribution in [0.5, 0.6) is 5.75 Å². The summed E-state index contributed by atoms with van der Waals surface area (Å²) in [7, 11) is 1.60. The monoisotopic (exact) mass is 395 g/mol. The van der Waals surface area contributed by atoms with Crippen molar-refractivity contribution in [3.05, 3.63) is 36.0 Å². The lowest BCUT2D eigenvalue weighted by atomic mass is 10.1. The van der Waals surface area contributed by atoms with E-state index in [0.29, 0.717) is 42.0 Å². The first kappa shape index (κ1) is 19.9. The zero-order chi connectivity index (χ0) is 20.1. The first-order chi connectivity index (χ1) is 13.4. The molecule has 150 valence electrons. The lowest BCUT2D eigenvalue weighted by Crippen LogP contribution is -2.17. The first-order valence-corrected chi connectivity index (χ1v) is 8.60. The van der Waals surface area contributed by atoms with Gasteiger partial charge in [0.2, 0.25) is 0 Å². The zero-order valence-corrected chi connectivity index (χ0v) is 15.2. The predicted octanol–water partition coefficient (Wildman–Crippen LogP) is 3.64. The Hall–Kier alpha value is -2.88. The van der Waals surface area contributed by atoms with Crippen molar-refractivity contribution in [1.82, 2.24) is 9.78 Å². The second-order valence-corrected chi connectivity index (χ2v) is 6.25. The molecule has 1 aliphatic rings. The number of rotatable bonds is 6. The van der Waals surface area contributed by atoms with Crippen molar-refractivity contribution in [2.45, 2.75) is 19.3 Å². The number of aromatic nitrogens is 2. The zero-order valence-electron chi connectivity index (χ0n) is 15.2. The van der Waals surface area contributed by atoms with Crippen molar-refractivity contribution < 1.29 is 22.6 Å². The number of nitrogens with zero attached hydrogens (tertiary/aromatic N) is 4. The molecule has 1 atom stereocenters. The van der Waals surface area contributed by atoms with Crippen molar-refractivity contribution in [3.8, 4) is 5.75 Å². The van der Waals surface area contributed by atoms with Crippen LogP contribution in [0.4, 0.5) is 24.7 Å². The molecule has 2 aromatic rings. The van der Waals surface area contributed by atoms with E-state index in [4.69, 9.17) is 4.74 Å². The number of anilines is 1. The van der Waals surface area contributed by atoms with E-state index >= 15 is 0 Å². The maximum atomic E-state index is 12.3. The summed E-state index contributed by atoms with van der Waals surface area (Å²) in [6.45, 7) is 5.70. The summed E-state index contributed by atoms with van der Waals surface area (Å²) in [5, 5.41) is 7.49. The molecule has 10 heteroatoms. The van der Waals surface area contributed by atoms with Crippen molar-refractivity contribution in [3.63, 3.8) is 0 Å². The summed E-state index contributed by atoms with van der Waals surface area (Å²) in [5.41, 5.74) is 1.19. The predicted molar refractivity (Wildman–Crippen MR) is 99.6 cm³/mol. The smallest absolute Gasteiger partial charge is 0.406 e. The van der Waals surface area contributed by atoms with Gasteiger partial charge in [0.15, 0.2) is 5.82 Å². The number of ether oxygens (including phenoxy) is 2. The summed E-state index contributed by atoms with van der Waals surface area (Å²) in [4.78, 5) is 8.17. The Labute approximate surface area is 159 Å². The highest BCUT2D eigenvalue weighted by atomic mass is 19.4. The highest BCUT2D eigenvalue weighted by molar-refractivity contribution is 6.10. The SMILES string of the molecule is C=Nc1nn(CC2CCOC2)cc1/C(=N\C)Nc1ccc(OC(F)(F)F)cc1. The van der Waals surface area contributed by atoms with E-state index in [1.165, 1.54) is 24.3 Å². The van der Waals surface area contributed by atoms with Crippen molar-refractivity contribution in [2.24, 2.45) is 15.9 Å². The molecule has 1 fully saturated rings. The third-order valence-electron chi connectivity index (χ3n) is 4.19. The average molecular weight is 395 g/mol. The van der Waals surface area contributed by atoms with Crippen LogP contribution in [0.1, 0.15) is 12.0 Å². The van der Waals surface area contributed by atoms with E-state index in [2.05, 4.69) is 31.9 Å². The Morgan fingerprint density at radius 2 is 2.14 bits per heavy atom. The fraction of sp³-hybridized carbons (Fsp3) is 0.389. The molecule has 1 unspecified atom stereocenters. The summed E-state index contributed by atoms with van der Waals surface area (Å²) < 4.78 is 47.8. The molecule has 0 aliphatic carbocycles. The van der Waals surface area contributed by atoms with Crippen LogP contribution in [0.2, 0.25) is 0 Å². The number of hydrogen-bond donors (Lipinski definition) is 1. The minimum atomic E-state index is -4.73. The van der Waals surface area contributed by atoms with Crippen LogP contribution in [-0.2, 0) is 11.3 Å². The van der Waals surface area contributed by atoms with E-state index in [0.717, 1.165) is 13.0 Å². The van der Waals surface area contributed by atoms with Crippen molar-refractivity contribution in [1.29, 1.82) is 0 Å². The standard InChI is InChI=1S/C18H20F3N5O2/c1-22-16(24-13-3-5-14(6-4-13)28-18(19,20)21)15-10-26(25-17(15)23-2)9-12-7-8-27-11-12/h3-6,10,12H,2,7-9,11H2,1H3,(H,22,24). The summed E-state index contributed by atoms with van der Waals surface area (Å²) in [6, 6.07) is 5.37. The molecule has 0 radical (unpaired) electrons. The van der Waals surface area contributed by atoms with Gasteiger partial charge >= 0.3 is 6.36 Å². The molecule has 28 heavy (non-hydrogen) atoms. The largest absolute Gasteiger partial charge is 0.573 e. The molecule has 0 saturated carbocycles. The second kappa shape index (κ2) is 8.42. The van der Waals surface area contributed by atoms with Crippen molar-refractivity contribution >= 4 is 24.1 Å².